The van der Waals surface area contributed by atoms with Crippen LogP contribution in [0.4, 0.5) is 10.1 Å². The maximum absolute atomic E-state index is 13.8. The number of oxazole rings is 1. The third-order valence-electron chi connectivity index (χ3n) is 2.86. The third kappa shape index (κ3) is 1.89. The predicted octanol–water partition coefficient (Wildman–Crippen LogP) is 3.22. The molecule has 0 radical (unpaired) electrons. The number of nitrogen functional groups attached to an aromatic ring is 1. The highest BCUT2D eigenvalue weighted by atomic mass is 19.1. The van der Waals surface area contributed by atoms with Crippen LogP contribution in [0.1, 0.15) is 0 Å². The standard InChI is InChI=1S/C14H11FN2O2/c1-18-8-5-6-11-12(7-8)19-14(17-11)13-9(15)3-2-4-10(13)16/h2-7H,16H2,1H3. The summed E-state index contributed by atoms with van der Waals surface area (Å²) in [6, 6.07) is 9.68. The summed E-state index contributed by atoms with van der Waals surface area (Å²) in [4.78, 5) is 4.24. The van der Waals surface area contributed by atoms with E-state index in [-0.39, 0.29) is 11.5 Å². The van der Waals surface area contributed by atoms with Crippen molar-refractivity contribution in [3.63, 3.8) is 0 Å². The van der Waals surface area contributed by atoms with Crippen LogP contribution in [0.25, 0.3) is 22.6 Å². The summed E-state index contributed by atoms with van der Waals surface area (Å²) in [5.74, 6) is 0.356. The summed E-state index contributed by atoms with van der Waals surface area (Å²) in [6.07, 6.45) is 0. The van der Waals surface area contributed by atoms with Gasteiger partial charge in [-0.3, -0.25) is 0 Å². The van der Waals surface area contributed by atoms with E-state index in [2.05, 4.69) is 4.98 Å². The molecule has 0 spiro atoms. The Kier molecular flexibility index (Phi) is 2.59. The van der Waals surface area contributed by atoms with Crippen LogP contribution in [0, 0.1) is 5.82 Å². The van der Waals surface area contributed by atoms with Crippen LogP contribution in [0.15, 0.2) is 40.8 Å². The molecule has 0 unspecified atom stereocenters. The van der Waals surface area contributed by atoms with Crippen LogP contribution < -0.4 is 10.5 Å². The first-order valence-corrected chi connectivity index (χ1v) is 5.68. The molecule has 2 N–H and O–H groups in total. The van der Waals surface area contributed by atoms with Crippen molar-refractivity contribution in [2.75, 3.05) is 12.8 Å². The fourth-order valence-electron chi connectivity index (χ4n) is 1.91. The number of hydrogen-bond donors (Lipinski definition) is 1. The Morgan fingerprint density at radius 1 is 1.26 bits per heavy atom. The fourth-order valence-corrected chi connectivity index (χ4v) is 1.91. The van der Waals surface area contributed by atoms with Crippen LogP contribution in [0.2, 0.25) is 0 Å². The van der Waals surface area contributed by atoms with Crippen molar-refractivity contribution >= 4 is 16.8 Å². The second kappa shape index (κ2) is 4.28. The van der Waals surface area contributed by atoms with Crippen molar-refractivity contribution in [3.8, 4) is 17.2 Å². The number of nitrogens with two attached hydrogens (primary N) is 1. The van der Waals surface area contributed by atoms with Gasteiger partial charge in [0.15, 0.2) is 5.58 Å². The van der Waals surface area contributed by atoms with Gasteiger partial charge in [0.05, 0.1) is 12.7 Å². The lowest BCUT2D eigenvalue weighted by molar-refractivity contribution is 0.414. The monoisotopic (exact) mass is 258 g/mol. The van der Waals surface area contributed by atoms with Gasteiger partial charge in [-0.1, -0.05) is 6.07 Å². The van der Waals surface area contributed by atoms with Gasteiger partial charge in [0.1, 0.15) is 17.1 Å². The Morgan fingerprint density at radius 3 is 2.84 bits per heavy atom. The van der Waals surface area contributed by atoms with Crippen LogP contribution in [0.3, 0.4) is 0 Å². The number of hydrogen-bond acceptors (Lipinski definition) is 4. The molecule has 0 aliphatic carbocycles. The lowest BCUT2D eigenvalue weighted by atomic mass is 10.1. The lowest BCUT2D eigenvalue weighted by Crippen LogP contribution is -1.93. The summed E-state index contributed by atoms with van der Waals surface area (Å²) in [5.41, 5.74) is 7.38. The number of halogens is 1. The number of benzene rings is 2. The molecule has 0 aliphatic heterocycles. The normalized spacial score (nSPS) is 10.8. The first kappa shape index (κ1) is 11.5. The van der Waals surface area contributed by atoms with E-state index in [1.54, 1.807) is 37.4 Å². The highest BCUT2D eigenvalue weighted by Crippen LogP contribution is 2.31. The smallest absolute Gasteiger partial charge is 0.232 e. The number of aromatic nitrogens is 1. The van der Waals surface area contributed by atoms with Crippen molar-refractivity contribution in [1.29, 1.82) is 0 Å². The molecular weight excluding hydrogens is 247 g/mol. The third-order valence-corrected chi connectivity index (χ3v) is 2.86. The molecule has 0 saturated heterocycles. The number of rotatable bonds is 2. The molecule has 0 atom stereocenters. The molecule has 1 aromatic heterocycles. The van der Waals surface area contributed by atoms with Gasteiger partial charge >= 0.3 is 0 Å². The van der Waals surface area contributed by atoms with Gasteiger partial charge in [0, 0.05) is 11.8 Å². The average molecular weight is 258 g/mol. The molecule has 0 bridgehead atoms. The van der Waals surface area contributed by atoms with Crippen molar-refractivity contribution in [2.24, 2.45) is 0 Å². The van der Waals surface area contributed by atoms with Crippen molar-refractivity contribution in [1.82, 2.24) is 4.98 Å². The van der Waals surface area contributed by atoms with E-state index in [1.165, 1.54) is 6.07 Å². The van der Waals surface area contributed by atoms with E-state index in [0.717, 1.165) is 0 Å². The quantitative estimate of drug-likeness (QED) is 0.717. The Hall–Kier alpha value is -2.56. The zero-order valence-corrected chi connectivity index (χ0v) is 10.2. The Morgan fingerprint density at radius 2 is 2.11 bits per heavy atom. The number of anilines is 1. The van der Waals surface area contributed by atoms with Gasteiger partial charge in [-0.05, 0) is 24.3 Å². The number of fused-ring (bicyclic) bond motifs is 1. The van der Waals surface area contributed by atoms with Crippen molar-refractivity contribution < 1.29 is 13.5 Å². The van der Waals surface area contributed by atoms with Gasteiger partial charge in [0.25, 0.3) is 0 Å². The largest absolute Gasteiger partial charge is 0.497 e. The number of nitrogens with zero attached hydrogens (tertiary/aromatic N) is 1. The van der Waals surface area contributed by atoms with Gasteiger partial charge in [-0.15, -0.1) is 0 Å². The minimum atomic E-state index is -0.460. The van der Waals surface area contributed by atoms with Gasteiger partial charge < -0.3 is 14.9 Å². The first-order valence-electron chi connectivity index (χ1n) is 5.68. The van der Waals surface area contributed by atoms with Gasteiger partial charge in [0.2, 0.25) is 5.89 Å². The van der Waals surface area contributed by atoms with Crippen LogP contribution >= 0.6 is 0 Å². The molecular formula is C14H11FN2O2. The van der Waals surface area contributed by atoms with E-state index in [0.29, 0.717) is 22.5 Å². The van der Waals surface area contributed by atoms with E-state index in [4.69, 9.17) is 14.9 Å². The Bertz CT molecular complexity index is 732. The molecule has 2 aromatic carbocycles. The topological polar surface area (TPSA) is 61.3 Å². The van der Waals surface area contributed by atoms with Gasteiger partial charge in [-0.25, -0.2) is 9.37 Å². The molecule has 3 aromatic rings. The zero-order chi connectivity index (χ0) is 13.4. The maximum atomic E-state index is 13.8. The predicted molar refractivity (Wildman–Crippen MR) is 70.4 cm³/mol. The Balaban J connectivity index is 2.21. The summed E-state index contributed by atoms with van der Waals surface area (Å²) in [6.45, 7) is 0. The average Bonchev–Trinajstić information content (AvgIpc) is 2.80. The van der Waals surface area contributed by atoms with Crippen LogP contribution in [0.5, 0.6) is 5.75 Å². The molecule has 0 fully saturated rings. The highest BCUT2D eigenvalue weighted by Gasteiger charge is 2.15. The van der Waals surface area contributed by atoms with Crippen molar-refractivity contribution in [3.05, 3.63) is 42.2 Å². The first-order chi connectivity index (χ1) is 9.19. The summed E-state index contributed by atoms with van der Waals surface area (Å²) in [7, 11) is 1.56. The SMILES string of the molecule is COc1ccc2nc(-c3c(N)cccc3F)oc2c1. The number of methoxy groups -OCH3 is 1. The maximum Gasteiger partial charge on any atom is 0.232 e. The molecule has 0 saturated carbocycles. The highest BCUT2D eigenvalue weighted by molar-refractivity contribution is 5.80. The van der Waals surface area contributed by atoms with Crippen LogP contribution in [-0.4, -0.2) is 12.1 Å². The van der Waals surface area contributed by atoms with Crippen LogP contribution in [-0.2, 0) is 0 Å². The molecule has 19 heavy (non-hydrogen) atoms. The van der Waals surface area contributed by atoms with Gasteiger partial charge in [-0.2, -0.15) is 0 Å². The molecule has 96 valence electrons. The molecule has 0 aliphatic rings. The lowest BCUT2D eigenvalue weighted by Gasteiger charge is -2.01. The Labute approximate surface area is 108 Å². The van der Waals surface area contributed by atoms with E-state index in [1.807, 2.05) is 0 Å². The summed E-state index contributed by atoms with van der Waals surface area (Å²) in [5, 5.41) is 0. The molecule has 5 heteroatoms. The van der Waals surface area contributed by atoms with Crippen molar-refractivity contribution in [2.45, 2.75) is 0 Å². The second-order valence-corrected chi connectivity index (χ2v) is 4.06. The zero-order valence-electron chi connectivity index (χ0n) is 10.2. The number of ether oxygens (including phenoxy) is 1. The molecule has 1 heterocycles. The minimum absolute atomic E-state index is 0.166. The summed E-state index contributed by atoms with van der Waals surface area (Å²) >= 11 is 0. The van der Waals surface area contributed by atoms with E-state index >= 15 is 0 Å². The summed E-state index contributed by atoms with van der Waals surface area (Å²) < 4.78 is 24.5. The fraction of sp³-hybridized carbons (Fsp3) is 0.0714. The molecule has 0 amide bonds. The second-order valence-electron chi connectivity index (χ2n) is 4.06. The van der Waals surface area contributed by atoms with E-state index < -0.39 is 5.82 Å². The molecule has 3 rings (SSSR count). The molecule has 4 nitrogen and oxygen atoms in total. The van der Waals surface area contributed by atoms with E-state index in [9.17, 15) is 4.39 Å². The minimum Gasteiger partial charge on any atom is -0.497 e.